The maximum absolute atomic E-state index is 4.86. The van der Waals surface area contributed by atoms with Gasteiger partial charge >= 0.3 is 0 Å². The van der Waals surface area contributed by atoms with Crippen LogP contribution in [0.4, 0.5) is 5.69 Å². The lowest BCUT2D eigenvalue weighted by atomic mass is 10.2. The molecule has 3 aromatic rings. The summed E-state index contributed by atoms with van der Waals surface area (Å²) >= 11 is 0. The molecule has 26 heavy (non-hydrogen) atoms. The zero-order chi connectivity index (χ0) is 17.9. The Morgan fingerprint density at radius 2 is 2.12 bits per heavy atom. The standard InChI is InChI=1S/C21H25N5/c1-3-22-21(26-14-11-17-8-4-5-9-19(17)26)23-12-10-18-15-25-13-6-7-16(2)20(25)24-18/h4-9,13,15H,3,10-12,14H2,1-2H3,(H,22,23). The third-order valence-electron chi connectivity index (χ3n) is 4.84. The Morgan fingerprint density at radius 3 is 2.96 bits per heavy atom. The molecule has 1 aliphatic heterocycles. The first-order valence-corrected chi connectivity index (χ1v) is 9.33. The zero-order valence-corrected chi connectivity index (χ0v) is 15.4. The number of hydrogen-bond donors (Lipinski definition) is 1. The predicted octanol–water partition coefficient (Wildman–Crippen LogP) is 3.21. The van der Waals surface area contributed by atoms with Gasteiger partial charge in [-0.05, 0) is 43.5 Å². The summed E-state index contributed by atoms with van der Waals surface area (Å²) < 4.78 is 2.09. The number of aromatic nitrogens is 2. The van der Waals surface area contributed by atoms with E-state index in [2.05, 4.69) is 71.1 Å². The minimum atomic E-state index is 0.726. The van der Waals surface area contributed by atoms with Gasteiger partial charge in [0.25, 0.3) is 0 Å². The smallest absolute Gasteiger partial charge is 0.198 e. The Bertz CT molecular complexity index is 940. The number of nitrogens with one attached hydrogen (secondary N) is 1. The third kappa shape index (κ3) is 3.17. The molecule has 0 unspecified atom stereocenters. The van der Waals surface area contributed by atoms with Gasteiger partial charge in [-0.2, -0.15) is 0 Å². The van der Waals surface area contributed by atoms with Gasteiger partial charge < -0.3 is 14.6 Å². The number of imidazole rings is 1. The molecule has 0 atom stereocenters. The van der Waals surface area contributed by atoms with Gasteiger partial charge in [0.2, 0.25) is 0 Å². The summed E-state index contributed by atoms with van der Waals surface area (Å²) in [5.41, 5.74) is 5.99. The first-order valence-electron chi connectivity index (χ1n) is 9.33. The predicted molar refractivity (Wildman–Crippen MR) is 107 cm³/mol. The Labute approximate surface area is 154 Å². The fourth-order valence-electron chi connectivity index (χ4n) is 3.55. The van der Waals surface area contributed by atoms with E-state index in [1.165, 1.54) is 16.8 Å². The summed E-state index contributed by atoms with van der Waals surface area (Å²) in [4.78, 5) is 11.9. The van der Waals surface area contributed by atoms with E-state index < -0.39 is 0 Å². The zero-order valence-electron chi connectivity index (χ0n) is 15.4. The molecule has 0 saturated carbocycles. The molecule has 134 valence electrons. The van der Waals surface area contributed by atoms with Crippen molar-refractivity contribution in [2.45, 2.75) is 26.7 Å². The van der Waals surface area contributed by atoms with Crippen LogP contribution >= 0.6 is 0 Å². The van der Waals surface area contributed by atoms with Crippen LogP contribution in [0, 0.1) is 6.92 Å². The summed E-state index contributed by atoms with van der Waals surface area (Å²) in [7, 11) is 0. The highest BCUT2D eigenvalue weighted by Gasteiger charge is 2.22. The molecule has 5 heteroatoms. The maximum atomic E-state index is 4.86. The van der Waals surface area contributed by atoms with Crippen LogP contribution in [-0.2, 0) is 12.8 Å². The van der Waals surface area contributed by atoms with Crippen molar-refractivity contribution in [1.82, 2.24) is 14.7 Å². The van der Waals surface area contributed by atoms with Crippen molar-refractivity contribution < 1.29 is 0 Å². The van der Waals surface area contributed by atoms with E-state index in [1.807, 2.05) is 6.20 Å². The molecule has 1 aliphatic rings. The Kier molecular flexibility index (Phi) is 4.61. The van der Waals surface area contributed by atoms with Crippen LogP contribution in [0.1, 0.15) is 23.7 Å². The highest BCUT2D eigenvalue weighted by molar-refractivity contribution is 5.97. The molecule has 0 amide bonds. The summed E-state index contributed by atoms with van der Waals surface area (Å²) in [6.45, 7) is 6.79. The molecule has 4 rings (SSSR count). The van der Waals surface area contributed by atoms with Crippen LogP contribution in [-0.4, -0.2) is 35.0 Å². The number of fused-ring (bicyclic) bond motifs is 2. The molecular weight excluding hydrogens is 322 g/mol. The Hall–Kier alpha value is -2.82. The van der Waals surface area contributed by atoms with Crippen molar-refractivity contribution in [3.05, 3.63) is 65.6 Å². The normalized spacial score (nSPS) is 14.1. The molecule has 0 spiro atoms. The number of guanidine groups is 1. The summed E-state index contributed by atoms with van der Waals surface area (Å²) in [5, 5.41) is 3.44. The Morgan fingerprint density at radius 1 is 1.23 bits per heavy atom. The van der Waals surface area contributed by atoms with Crippen molar-refractivity contribution in [3.8, 4) is 0 Å². The highest BCUT2D eigenvalue weighted by Crippen LogP contribution is 2.27. The molecule has 0 saturated heterocycles. The molecule has 0 bridgehead atoms. The van der Waals surface area contributed by atoms with E-state index in [9.17, 15) is 0 Å². The number of nitrogens with zero attached hydrogens (tertiary/aromatic N) is 4. The topological polar surface area (TPSA) is 44.9 Å². The van der Waals surface area contributed by atoms with Gasteiger partial charge in [-0.1, -0.05) is 24.3 Å². The number of para-hydroxylation sites is 1. The molecule has 1 aromatic carbocycles. The van der Waals surface area contributed by atoms with Gasteiger partial charge in [0, 0.05) is 44.1 Å². The minimum Gasteiger partial charge on any atom is -0.356 e. The highest BCUT2D eigenvalue weighted by atomic mass is 15.3. The van der Waals surface area contributed by atoms with E-state index in [4.69, 9.17) is 9.98 Å². The van der Waals surface area contributed by atoms with Gasteiger partial charge in [0.1, 0.15) is 5.65 Å². The fraction of sp³-hybridized carbons (Fsp3) is 0.333. The van der Waals surface area contributed by atoms with E-state index in [1.54, 1.807) is 0 Å². The number of rotatable bonds is 4. The fourth-order valence-corrected chi connectivity index (χ4v) is 3.55. The van der Waals surface area contributed by atoms with Crippen molar-refractivity contribution in [2.75, 3.05) is 24.5 Å². The number of aryl methyl sites for hydroxylation is 1. The summed E-state index contributed by atoms with van der Waals surface area (Å²) in [5.74, 6) is 0.970. The Balaban J connectivity index is 1.50. The second kappa shape index (κ2) is 7.20. The number of aliphatic imine (C=N–C) groups is 1. The molecule has 1 N–H and O–H groups in total. The van der Waals surface area contributed by atoms with Crippen LogP contribution in [0.2, 0.25) is 0 Å². The number of anilines is 1. The van der Waals surface area contributed by atoms with Crippen molar-refractivity contribution in [2.24, 2.45) is 4.99 Å². The largest absolute Gasteiger partial charge is 0.356 e. The maximum Gasteiger partial charge on any atom is 0.198 e. The lowest BCUT2D eigenvalue weighted by molar-refractivity contribution is 0.864. The van der Waals surface area contributed by atoms with Crippen molar-refractivity contribution in [1.29, 1.82) is 0 Å². The third-order valence-corrected chi connectivity index (χ3v) is 4.84. The molecule has 0 radical (unpaired) electrons. The molecule has 0 fully saturated rings. The van der Waals surface area contributed by atoms with Crippen LogP contribution in [0.25, 0.3) is 5.65 Å². The van der Waals surface area contributed by atoms with Crippen molar-refractivity contribution in [3.63, 3.8) is 0 Å². The van der Waals surface area contributed by atoms with Crippen LogP contribution < -0.4 is 10.2 Å². The summed E-state index contributed by atoms with van der Waals surface area (Å²) in [6.07, 6.45) is 6.07. The number of benzene rings is 1. The van der Waals surface area contributed by atoms with Gasteiger partial charge in [0.05, 0.1) is 5.69 Å². The van der Waals surface area contributed by atoms with Crippen LogP contribution in [0.5, 0.6) is 0 Å². The van der Waals surface area contributed by atoms with E-state index in [0.29, 0.717) is 0 Å². The molecule has 0 aliphatic carbocycles. The SMILES string of the molecule is CCNC(=NCCc1cn2cccc(C)c2n1)N1CCc2ccccc21. The van der Waals surface area contributed by atoms with Crippen molar-refractivity contribution >= 4 is 17.3 Å². The van der Waals surface area contributed by atoms with E-state index in [0.717, 1.165) is 49.8 Å². The van der Waals surface area contributed by atoms with E-state index in [-0.39, 0.29) is 0 Å². The first kappa shape index (κ1) is 16.6. The molecule has 2 aromatic heterocycles. The van der Waals surface area contributed by atoms with Gasteiger partial charge in [0.15, 0.2) is 5.96 Å². The van der Waals surface area contributed by atoms with Crippen LogP contribution in [0.15, 0.2) is 53.8 Å². The average Bonchev–Trinajstić information content (AvgIpc) is 3.26. The second-order valence-electron chi connectivity index (χ2n) is 6.67. The lowest BCUT2D eigenvalue weighted by Gasteiger charge is -2.22. The van der Waals surface area contributed by atoms with Crippen LogP contribution in [0.3, 0.4) is 0 Å². The molecule has 3 heterocycles. The molecular formula is C21H25N5. The van der Waals surface area contributed by atoms with Gasteiger partial charge in [-0.3, -0.25) is 4.99 Å². The lowest BCUT2D eigenvalue weighted by Crippen LogP contribution is -2.40. The summed E-state index contributed by atoms with van der Waals surface area (Å²) in [6, 6.07) is 12.7. The van der Waals surface area contributed by atoms with Gasteiger partial charge in [-0.25, -0.2) is 4.98 Å². The quantitative estimate of drug-likeness (QED) is 0.582. The minimum absolute atomic E-state index is 0.726. The monoisotopic (exact) mass is 347 g/mol. The van der Waals surface area contributed by atoms with Gasteiger partial charge in [-0.15, -0.1) is 0 Å². The molecule has 5 nitrogen and oxygen atoms in total. The number of hydrogen-bond acceptors (Lipinski definition) is 2. The average molecular weight is 347 g/mol. The first-order chi connectivity index (χ1) is 12.8. The number of pyridine rings is 1. The van der Waals surface area contributed by atoms with E-state index >= 15 is 0 Å². The second-order valence-corrected chi connectivity index (χ2v) is 6.67.